The smallest absolute Gasteiger partial charge is 0.122 e. The Bertz CT molecular complexity index is 299. The lowest BCUT2D eigenvalue weighted by Gasteiger charge is -2.13. The van der Waals surface area contributed by atoms with Gasteiger partial charge in [-0.1, -0.05) is 29.8 Å². The van der Waals surface area contributed by atoms with Gasteiger partial charge in [-0.2, -0.15) is 12.6 Å². The van der Waals surface area contributed by atoms with Crippen LogP contribution in [0.4, 0.5) is 0 Å². The highest BCUT2D eigenvalue weighted by Crippen LogP contribution is 2.29. The van der Waals surface area contributed by atoms with Gasteiger partial charge in [-0.05, 0) is 29.7 Å². The molecule has 1 nitrogen and oxygen atoms in total. The molecule has 0 saturated carbocycles. The first kappa shape index (κ1) is 11.9. The van der Waals surface area contributed by atoms with Crippen molar-refractivity contribution >= 4 is 28.6 Å². The number of rotatable bonds is 4. The van der Waals surface area contributed by atoms with Crippen molar-refractivity contribution < 1.29 is 4.74 Å². The lowest BCUT2D eigenvalue weighted by molar-refractivity contribution is 0.339. The summed E-state index contributed by atoms with van der Waals surface area (Å²) < 4.78 is 6.70. The summed E-state index contributed by atoms with van der Waals surface area (Å²) >= 11 is 7.59. The number of ether oxygens (including phenoxy) is 1. The lowest BCUT2D eigenvalue weighted by atomic mass is 10.0. The Balaban J connectivity index is 2.90. The third-order valence-electron chi connectivity index (χ3n) is 1.94. The summed E-state index contributed by atoms with van der Waals surface area (Å²) in [5.74, 6) is 2.19. The molecule has 0 bridgehead atoms. The number of halogens is 1. The normalized spacial score (nSPS) is 10.6. The predicted octanol–water partition coefficient (Wildman–Crippen LogP) is 3.88. The second-order valence-electron chi connectivity index (χ2n) is 3.41. The molecule has 0 aliphatic carbocycles. The van der Waals surface area contributed by atoms with Crippen LogP contribution in [0.5, 0.6) is 5.75 Å². The van der Waals surface area contributed by atoms with E-state index in [9.17, 15) is 0 Å². The van der Waals surface area contributed by atoms with Crippen LogP contribution in [0.25, 0.3) is 0 Å². The molecule has 0 aliphatic rings. The van der Waals surface area contributed by atoms with E-state index in [1.165, 1.54) is 5.56 Å². The van der Waals surface area contributed by atoms with Crippen LogP contribution in [0.2, 0.25) is 0 Å². The van der Waals surface area contributed by atoms with Crippen molar-refractivity contribution in [3.05, 3.63) is 28.2 Å². The third kappa shape index (κ3) is 3.21. The lowest BCUT2D eigenvalue weighted by Crippen LogP contribution is -2.02. The van der Waals surface area contributed by atoms with Gasteiger partial charge in [-0.25, -0.2) is 0 Å². The van der Waals surface area contributed by atoms with E-state index < -0.39 is 0 Å². The Morgan fingerprint density at radius 1 is 1.43 bits per heavy atom. The SMILES string of the molecule is CC(C)c1cc(Br)ccc1OCCS. The van der Waals surface area contributed by atoms with Crippen LogP contribution >= 0.6 is 28.6 Å². The van der Waals surface area contributed by atoms with Crippen LogP contribution in [0, 0.1) is 0 Å². The topological polar surface area (TPSA) is 9.23 Å². The minimum atomic E-state index is 0.474. The molecule has 0 radical (unpaired) electrons. The Morgan fingerprint density at radius 2 is 2.14 bits per heavy atom. The van der Waals surface area contributed by atoms with E-state index in [0.29, 0.717) is 12.5 Å². The van der Waals surface area contributed by atoms with E-state index in [1.54, 1.807) is 0 Å². The van der Waals surface area contributed by atoms with Gasteiger partial charge in [0.2, 0.25) is 0 Å². The van der Waals surface area contributed by atoms with Gasteiger partial charge in [0, 0.05) is 10.2 Å². The van der Waals surface area contributed by atoms with Crippen molar-refractivity contribution in [2.24, 2.45) is 0 Å². The maximum absolute atomic E-state index is 5.61. The number of hydrogen-bond acceptors (Lipinski definition) is 2. The summed E-state index contributed by atoms with van der Waals surface area (Å²) in [5.41, 5.74) is 1.24. The second-order valence-corrected chi connectivity index (χ2v) is 4.77. The zero-order valence-corrected chi connectivity index (χ0v) is 10.9. The summed E-state index contributed by atoms with van der Waals surface area (Å²) in [6.07, 6.45) is 0. The van der Waals surface area contributed by atoms with Crippen molar-refractivity contribution in [2.75, 3.05) is 12.4 Å². The molecular weight excluding hydrogens is 260 g/mol. The number of thiol groups is 1. The Labute approximate surface area is 99.4 Å². The second kappa shape index (κ2) is 5.66. The Hall–Kier alpha value is -0.150. The van der Waals surface area contributed by atoms with Crippen LogP contribution in [0.1, 0.15) is 25.3 Å². The molecule has 0 heterocycles. The van der Waals surface area contributed by atoms with Crippen LogP contribution in [0.15, 0.2) is 22.7 Å². The first-order valence-electron chi connectivity index (χ1n) is 4.68. The molecule has 1 aromatic carbocycles. The average Bonchev–Trinajstić information content (AvgIpc) is 2.15. The van der Waals surface area contributed by atoms with Gasteiger partial charge < -0.3 is 4.74 Å². The molecule has 0 saturated heterocycles. The number of hydrogen-bond donors (Lipinski definition) is 1. The molecule has 0 fully saturated rings. The first-order valence-corrected chi connectivity index (χ1v) is 6.10. The third-order valence-corrected chi connectivity index (χ3v) is 2.62. The van der Waals surface area contributed by atoms with Gasteiger partial charge in [0.05, 0.1) is 6.61 Å². The molecule has 0 spiro atoms. The molecule has 0 aromatic heterocycles. The summed E-state index contributed by atoms with van der Waals surface area (Å²) in [6.45, 7) is 4.98. The van der Waals surface area contributed by atoms with Crippen LogP contribution in [-0.4, -0.2) is 12.4 Å². The molecule has 1 aromatic rings. The van der Waals surface area contributed by atoms with Crippen molar-refractivity contribution in [2.45, 2.75) is 19.8 Å². The van der Waals surface area contributed by atoms with Gasteiger partial charge in [0.25, 0.3) is 0 Å². The van der Waals surface area contributed by atoms with Gasteiger partial charge in [0.1, 0.15) is 5.75 Å². The Kier molecular flexibility index (Phi) is 4.82. The highest BCUT2D eigenvalue weighted by molar-refractivity contribution is 9.10. The van der Waals surface area contributed by atoms with E-state index in [2.05, 4.69) is 48.5 Å². The first-order chi connectivity index (χ1) is 6.65. The largest absolute Gasteiger partial charge is 0.492 e. The monoisotopic (exact) mass is 274 g/mol. The molecule has 78 valence electrons. The van der Waals surface area contributed by atoms with Crippen LogP contribution in [-0.2, 0) is 0 Å². The number of benzene rings is 1. The standard InChI is InChI=1S/C11H15BrOS/c1-8(2)10-7-9(12)3-4-11(10)13-5-6-14/h3-4,7-8,14H,5-6H2,1-2H3. The van der Waals surface area contributed by atoms with Gasteiger partial charge in [0.15, 0.2) is 0 Å². The van der Waals surface area contributed by atoms with Crippen molar-refractivity contribution in [3.8, 4) is 5.75 Å². The zero-order valence-electron chi connectivity index (χ0n) is 8.46. The fourth-order valence-corrected chi connectivity index (χ4v) is 1.73. The summed E-state index contributed by atoms with van der Waals surface area (Å²) in [6, 6.07) is 6.11. The molecule has 0 aliphatic heterocycles. The van der Waals surface area contributed by atoms with Gasteiger partial charge >= 0.3 is 0 Å². The molecule has 0 N–H and O–H groups in total. The highest BCUT2D eigenvalue weighted by Gasteiger charge is 2.07. The maximum atomic E-state index is 5.61. The van der Waals surface area contributed by atoms with Crippen molar-refractivity contribution in [3.63, 3.8) is 0 Å². The quantitative estimate of drug-likeness (QED) is 0.820. The van der Waals surface area contributed by atoms with E-state index in [0.717, 1.165) is 16.0 Å². The molecule has 0 atom stereocenters. The summed E-state index contributed by atoms with van der Waals surface area (Å²) in [5, 5.41) is 0. The predicted molar refractivity (Wildman–Crippen MR) is 67.6 cm³/mol. The van der Waals surface area contributed by atoms with Crippen molar-refractivity contribution in [1.29, 1.82) is 0 Å². The van der Waals surface area contributed by atoms with E-state index >= 15 is 0 Å². The molecule has 1 rings (SSSR count). The summed E-state index contributed by atoms with van der Waals surface area (Å²) in [4.78, 5) is 0. The molecule has 0 amide bonds. The summed E-state index contributed by atoms with van der Waals surface area (Å²) in [7, 11) is 0. The molecule has 0 unspecified atom stereocenters. The van der Waals surface area contributed by atoms with E-state index in [1.807, 2.05) is 12.1 Å². The maximum Gasteiger partial charge on any atom is 0.122 e. The van der Waals surface area contributed by atoms with E-state index in [-0.39, 0.29) is 0 Å². The van der Waals surface area contributed by atoms with Crippen LogP contribution < -0.4 is 4.74 Å². The minimum Gasteiger partial charge on any atom is -0.492 e. The van der Waals surface area contributed by atoms with Crippen LogP contribution in [0.3, 0.4) is 0 Å². The fraction of sp³-hybridized carbons (Fsp3) is 0.455. The fourth-order valence-electron chi connectivity index (χ4n) is 1.26. The van der Waals surface area contributed by atoms with Crippen molar-refractivity contribution in [1.82, 2.24) is 0 Å². The van der Waals surface area contributed by atoms with E-state index in [4.69, 9.17) is 4.74 Å². The highest BCUT2D eigenvalue weighted by atomic mass is 79.9. The molecule has 14 heavy (non-hydrogen) atoms. The Morgan fingerprint density at radius 3 is 2.71 bits per heavy atom. The minimum absolute atomic E-state index is 0.474. The van der Waals surface area contributed by atoms with Gasteiger partial charge in [-0.3, -0.25) is 0 Å². The zero-order chi connectivity index (χ0) is 10.6. The average molecular weight is 275 g/mol. The molecule has 3 heteroatoms. The molecular formula is C11H15BrOS. The van der Waals surface area contributed by atoms with Gasteiger partial charge in [-0.15, -0.1) is 0 Å².